The van der Waals surface area contributed by atoms with Crippen LogP contribution in [0, 0.1) is 13.8 Å². The minimum absolute atomic E-state index is 0.00356. The van der Waals surface area contributed by atoms with Crippen LogP contribution in [-0.2, 0) is 13.0 Å². The molecule has 0 aliphatic rings. The second-order valence-corrected chi connectivity index (χ2v) is 9.13. The topological polar surface area (TPSA) is 50.8 Å². The molecule has 5 aromatic rings. The van der Waals surface area contributed by atoms with Crippen LogP contribution in [0.25, 0.3) is 16.2 Å². The molecule has 2 aromatic carbocycles. The number of nitrogens with zero attached hydrogens (tertiary/aromatic N) is 3. The zero-order valence-electron chi connectivity index (χ0n) is 18.7. The van der Waals surface area contributed by atoms with Crippen molar-refractivity contribution in [1.82, 2.24) is 14.3 Å². The van der Waals surface area contributed by atoms with Gasteiger partial charge >= 0.3 is 0 Å². The highest BCUT2D eigenvalue weighted by atomic mass is 32.1. The average molecular weight is 456 g/mol. The lowest BCUT2D eigenvalue weighted by molar-refractivity contribution is 0.0733. The number of fused-ring (bicyclic) bond motifs is 1. The molecule has 166 valence electrons. The van der Waals surface area contributed by atoms with Crippen molar-refractivity contribution in [2.75, 3.05) is 6.54 Å². The summed E-state index contributed by atoms with van der Waals surface area (Å²) < 4.78 is 7.67. The van der Waals surface area contributed by atoms with E-state index in [2.05, 4.69) is 47.2 Å². The van der Waals surface area contributed by atoms with Crippen molar-refractivity contribution in [1.29, 1.82) is 0 Å². The molecule has 0 radical (unpaired) electrons. The fourth-order valence-electron chi connectivity index (χ4n) is 3.84. The van der Waals surface area contributed by atoms with Gasteiger partial charge in [-0.3, -0.25) is 9.20 Å². The van der Waals surface area contributed by atoms with Gasteiger partial charge in [-0.2, -0.15) is 0 Å². The fraction of sp³-hybridized carbons (Fsp3) is 0.185. The maximum atomic E-state index is 13.3. The smallest absolute Gasteiger partial charge is 0.254 e. The van der Waals surface area contributed by atoms with Crippen LogP contribution in [0.3, 0.4) is 0 Å². The number of aromatic nitrogens is 2. The number of aryl methyl sites for hydroxylation is 2. The van der Waals surface area contributed by atoms with E-state index in [4.69, 9.17) is 9.40 Å². The van der Waals surface area contributed by atoms with Crippen molar-refractivity contribution in [2.45, 2.75) is 26.8 Å². The van der Waals surface area contributed by atoms with Crippen LogP contribution < -0.4 is 0 Å². The Labute approximate surface area is 196 Å². The molecule has 3 aromatic heterocycles. The average Bonchev–Trinajstić information content (AvgIpc) is 3.56. The van der Waals surface area contributed by atoms with E-state index in [1.165, 1.54) is 5.56 Å². The van der Waals surface area contributed by atoms with Gasteiger partial charge in [0.25, 0.3) is 5.91 Å². The molecular formula is C27H25N3O2S. The molecule has 0 unspecified atom stereocenters. The van der Waals surface area contributed by atoms with Crippen LogP contribution in [-0.4, -0.2) is 26.7 Å². The number of carbonyl (C=O) groups excluding carboxylic acids is 1. The Hall–Kier alpha value is -3.64. The predicted molar refractivity (Wildman–Crippen MR) is 132 cm³/mol. The number of hydrogen-bond donors (Lipinski definition) is 0. The second-order valence-electron chi connectivity index (χ2n) is 8.29. The van der Waals surface area contributed by atoms with Crippen molar-refractivity contribution in [3.05, 3.63) is 107 Å². The summed E-state index contributed by atoms with van der Waals surface area (Å²) in [7, 11) is 0. The van der Waals surface area contributed by atoms with Gasteiger partial charge in [0.2, 0.25) is 0 Å². The first-order valence-electron chi connectivity index (χ1n) is 11.0. The van der Waals surface area contributed by atoms with Gasteiger partial charge in [0.05, 0.1) is 18.5 Å². The van der Waals surface area contributed by atoms with E-state index in [0.29, 0.717) is 18.7 Å². The Bertz CT molecular complexity index is 1360. The second kappa shape index (κ2) is 9.08. The Balaban J connectivity index is 1.37. The minimum Gasteiger partial charge on any atom is -0.467 e. The number of furan rings is 1. The summed E-state index contributed by atoms with van der Waals surface area (Å²) in [6, 6.07) is 19.9. The molecule has 0 fully saturated rings. The zero-order chi connectivity index (χ0) is 22.8. The van der Waals surface area contributed by atoms with Crippen LogP contribution in [0.15, 0.2) is 82.9 Å². The first kappa shape index (κ1) is 21.2. The third kappa shape index (κ3) is 4.61. The van der Waals surface area contributed by atoms with Crippen molar-refractivity contribution < 1.29 is 9.21 Å². The van der Waals surface area contributed by atoms with Gasteiger partial charge in [-0.25, -0.2) is 4.98 Å². The van der Waals surface area contributed by atoms with Gasteiger partial charge in [-0.1, -0.05) is 47.5 Å². The highest BCUT2D eigenvalue weighted by Gasteiger charge is 2.19. The third-order valence-corrected chi connectivity index (χ3v) is 6.67. The summed E-state index contributed by atoms with van der Waals surface area (Å²) in [4.78, 5) is 20.9. The molecule has 0 bridgehead atoms. The Morgan fingerprint density at radius 1 is 1.03 bits per heavy atom. The number of imidazole rings is 1. The third-order valence-electron chi connectivity index (χ3n) is 5.78. The monoisotopic (exact) mass is 455 g/mol. The van der Waals surface area contributed by atoms with Gasteiger partial charge in [0, 0.05) is 41.4 Å². The van der Waals surface area contributed by atoms with E-state index in [9.17, 15) is 4.79 Å². The fourth-order valence-corrected chi connectivity index (χ4v) is 4.75. The van der Waals surface area contributed by atoms with E-state index in [0.717, 1.165) is 39.7 Å². The number of carbonyl (C=O) groups is 1. The van der Waals surface area contributed by atoms with Crippen molar-refractivity contribution in [3.63, 3.8) is 0 Å². The van der Waals surface area contributed by atoms with Crippen molar-refractivity contribution >= 4 is 22.2 Å². The van der Waals surface area contributed by atoms with Gasteiger partial charge in [0.15, 0.2) is 4.96 Å². The molecule has 0 aliphatic heterocycles. The summed E-state index contributed by atoms with van der Waals surface area (Å²) >= 11 is 1.63. The highest BCUT2D eigenvalue weighted by molar-refractivity contribution is 7.15. The molecule has 1 amide bonds. The van der Waals surface area contributed by atoms with Crippen molar-refractivity contribution in [2.24, 2.45) is 0 Å². The van der Waals surface area contributed by atoms with E-state index < -0.39 is 0 Å². The van der Waals surface area contributed by atoms with E-state index in [1.807, 2.05) is 48.2 Å². The predicted octanol–water partition coefficient (Wildman–Crippen LogP) is 6.16. The molecular weight excluding hydrogens is 430 g/mol. The molecule has 0 saturated carbocycles. The van der Waals surface area contributed by atoms with Gasteiger partial charge in [-0.15, -0.1) is 11.3 Å². The first-order chi connectivity index (χ1) is 16.1. The van der Waals surface area contributed by atoms with Crippen LogP contribution in [0.5, 0.6) is 0 Å². The molecule has 5 rings (SSSR count). The molecule has 5 nitrogen and oxygen atoms in total. The lowest BCUT2D eigenvalue weighted by Gasteiger charge is -2.22. The van der Waals surface area contributed by atoms with Crippen LogP contribution >= 0.6 is 11.3 Å². The quantitative estimate of drug-likeness (QED) is 0.295. The summed E-state index contributed by atoms with van der Waals surface area (Å²) in [6.45, 7) is 5.12. The molecule has 0 aliphatic carbocycles. The molecule has 33 heavy (non-hydrogen) atoms. The van der Waals surface area contributed by atoms with E-state index in [-0.39, 0.29) is 5.91 Å². The zero-order valence-corrected chi connectivity index (χ0v) is 19.5. The number of benzene rings is 2. The van der Waals surface area contributed by atoms with Gasteiger partial charge < -0.3 is 9.32 Å². The number of thiazole rings is 1. The lowest BCUT2D eigenvalue weighted by atomic mass is 10.1. The maximum absolute atomic E-state index is 13.3. The number of rotatable bonds is 7. The van der Waals surface area contributed by atoms with Gasteiger partial charge in [0.1, 0.15) is 5.76 Å². The van der Waals surface area contributed by atoms with Gasteiger partial charge in [-0.05, 0) is 38.1 Å². The Morgan fingerprint density at radius 2 is 1.76 bits per heavy atom. The molecule has 0 saturated heterocycles. The van der Waals surface area contributed by atoms with E-state index in [1.54, 1.807) is 17.6 Å². The Morgan fingerprint density at radius 3 is 2.45 bits per heavy atom. The van der Waals surface area contributed by atoms with Crippen LogP contribution in [0.4, 0.5) is 0 Å². The standard InChI is InChI=1S/C27H25N3O2S/c1-19-5-9-21(10-6-19)25-17-30-23(18-33-27(30)28-25)13-14-29(16-24-4-3-15-32-24)26(31)22-11-7-20(2)8-12-22/h3-12,15,17-18H,13-14,16H2,1-2H3. The minimum atomic E-state index is 0.00356. The van der Waals surface area contributed by atoms with Crippen molar-refractivity contribution in [3.8, 4) is 11.3 Å². The summed E-state index contributed by atoms with van der Waals surface area (Å²) in [5.74, 6) is 0.777. The first-order valence-corrected chi connectivity index (χ1v) is 11.9. The van der Waals surface area contributed by atoms with E-state index >= 15 is 0 Å². The number of amides is 1. The summed E-state index contributed by atoms with van der Waals surface area (Å²) in [6.07, 6.45) is 4.46. The maximum Gasteiger partial charge on any atom is 0.254 e. The SMILES string of the molecule is Cc1ccc(C(=O)N(CCc2csc3nc(-c4ccc(C)cc4)cn23)Cc2ccco2)cc1. The molecule has 0 spiro atoms. The Kier molecular flexibility index (Phi) is 5.84. The van der Waals surface area contributed by atoms with Crippen LogP contribution in [0.1, 0.15) is 32.9 Å². The molecule has 6 heteroatoms. The molecule has 0 N–H and O–H groups in total. The normalized spacial score (nSPS) is 11.2. The largest absolute Gasteiger partial charge is 0.467 e. The lowest BCUT2D eigenvalue weighted by Crippen LogP contribution is -2.32. The molecule has 3 heterocycles. The molecule has 0 atom stereocenters. The summed E-state index contributed by atoms with van der Waals surface area (Å²) in [5.41, 5.74) is 6.27. The summed E-state index contributed by atoms with van der Waals surface area (Å²) in [5, 5.41) is 2.13. The number of hydrogen-bond acceptors (Lipinski definition) is 4. The highest BCUT2D eigenvalue weighted by Crippen LogP contribution is 2.24. The van der Waals surface area contributed by atoms with Crippen LogP contribution in [0.2, 0.25) is 0 Å².